The number of ether oxygens (including phenoxy) is 1. The largest absolute Gasteiger partial charge is 0.370 e. The van der Waals surface area contributed by atoms with E-state index < -0.39 is 0 Å². The van der Waals surface area contributed by atoms with E-state index in [0.717, 1.165) is 37.3 Å². The maximum atomic E-state index is 13.0. The first-order chi connectivity index (χ1) is 10.3. The fourth-order valence-corrected chi connectivity index (χ4v) is 3.24. The van der Waals surface area contributed by atoms with Crippen molar-refractivity contribution in [3.8, 4) is 0 Å². The summed E-state index contributed by atoms with van der Waals surface area (Å²) in [7, 11) is 0. The van der Waals surface area contributed by atoms with Gasteiger partial charge in [0.25, 0.3) is 0 Å². The average molecular weight is 288 g/mol. The van der Waals surface area contributed by atoms with E-state index in [1.54, 1.807) is 6.20 Å². The van der Waals surface area contributed by atoms with Crippen molar-refractivity contribution in [1.82, 2.24) is 19.9 Å². The minimum Gasteiger partial charge on any atom is -0.370 e. The maximum absolute atomic E-state index is 13.0. The van der Waals surface area contributed by atoms with Crippen LogP contribution in [0.2, 0.25) is 0 Å². The molecule has 4 rings (SSSR count). The van der Waals surface area contributed by atoms with Gasteiger partial charge in [-0.1, -0.05) is 17.3 Å². The molecule has 0 N–H and O–H groups in total. The van der Waals surface area contributed by atoms with Crippen LogP contribution in [-0.4, -0.2) is 39.1 Å². The Balaban J connectivity index is 1.49. The van der Waals surface area contributed by atoms with Crippen LogP contribution in [0.4, 0.5) is 4.39 Å². The number of piperidine rings is 1. The second-order valence-corrected chi connectivity index (χ2v) is 5.74. The summed E-state index contributed by atoms with van der Waals surface area (Å²) < 4.78 is 20.9. The standard InChI is InChI=1S/C15H17FN4O/c16-12-3-1-11(2-4-12)8-19-6-5-15-14(9-19)20-13(10-21-15)7-17-18-20/h1-4,7,14-15H,5-6,8-10H2/t14-,15-/m0/s1. The van der Waals surface area contributed by atoms with Gasteiger partial charge in [0.2, 0.25) is 0 Å². The summed E-state index contributed by atoms with van der Waals surface area (Å²) in [6.07, 6.45) is 2.99. The van der Waals surface area contributed by atoms with Crippen molar-refractivity contribution in [1.29, 1.82) is 0 Å². The predicted octanol–water partition coefficient (Wildman–Crippen LogP) is 1.76. The Hall–Kier alpha value is -1.79. The van der Waals surface area contributed by atoms with Gasteiger partial charge in [-0.2, -0.15) is 0 Å². The quantitative estimate of drug-likeness (QED) is 0.844. The molecule has 1 aromatic heterocycles. The molecule has 3 heterocycles. The molecule has 2 atom stereocenters. The summed E-state index contributed by atoms with van der Waals surface area (Å²) in [6.45, 7) is 3.31. The fourth-order valence-electron chi connectivity index (χ4n) is 3.24. The molecule has 1 saturated heterocycles. The lowest BCUT2D eigenvalue weighted by molar-refractivity contribution is -0.0669. The number of fused-ring (bicyclic) bond motifs is 3. The molecular formula is C15H17FN4O. The Bertz CT molecular complexity index is 627. The minimum atomic E-state index is -0.189. The molecule has 2 aromatic rings. The number of aromatic nitrogens is 3. The van der Waals surface area contributed by atoms with E-state index in [0.29, 0.717) is 6.61 Å². The normalized spacial score (nSPS) is 25.4. The molecule has 0 bridgehead atoms. The number of benzene rings is 1. The monoisotopic (exact) mass is 288 g/mol. The molecule has 6 heteroatoms. The maximum Gasteiger partial charge on any atom is 0.123 e. The van der Waals surface area contributed by atoms with E-state index in [4.69, 9.17) is 4.74 Å². The first-order valence-electron chi connectivity index (χ1n) is 7.27. The first kappa shape index (κ1) is 12.9. The lowest BCUT2D eigenvalue weighted by Crippen LogP contribution is -2.47. The summed E-state index contributed by atoms with van der Waals surface area (Å²) >= 11 is 0. The molecule has 2 aliphatic heterocycles. The highest BCUT2D eigenvalue weighted by atomic mass is 19.1. The van der Waals surface area contributed by atoms with E-state index in [1.165, 1.54) is 12.1 Å². The number of halogens is 1. The molecule has 21 heavy (non-hydrogen) atoms. The lowest BCUT2D eigenvalue weighted by atomic mass is 10.00. The van der Waals surface area contributed by atoms with Crippen LogP contribution in [0.1, 0.15) is 23.7 Å². The summed E-state index contributed by atoms with van der Waals surface area (Å²) in [6, 6.07) is 6.95. The third kappa shape index (κ3) is 2.45. The van der Waals surface area contributed by atoms with Gasteiger partial charge >= 0.3 is 0 Å². The molecule has 0 saturated carbocycles. The van der Waals surface area contributed by atoms with Gasteiger partial charge in [0.05, 0.1) is 30.6 Å². The van der Waals surface area contributed by atoms with E-state index in [1.807, 2.05) is 16.8 Å². The van der Waals surface area contributed by atoms with Crippen LogP contribution in [0.15, 0.2) is 30.5 Å². The van der Waals surface area contributed by atoms with Crippen molar-refractivity contribution < 1.29 is 9.13 Å². The Morgan fingerprint density at radius 2 is 2.14 bits per heavy atom. The van der Waals surface area contributed by atoms with Crippen molar-refractivity contribution >= 4 is 0 Å². The SMILES string of the molecule is Fc1ccc(CN2CC[C@@H]3OCc4cnnn4[C@H]3C2)cc1. The number of likely N-dealkylation sites (tertiary alicyclic amines) is 1. The third-order valence-corrected chi connectivity index (χ3v) is 4.33. The van der Waals surface area contributed by atoms with Gasteiger partial charge in [-0.05, 0) is 24.1 Å². The molecule has 1 fully saturated rings. The van der Waals surface area contributed by atoms with Gasteiger partial charge in [-0.25, -0.2) is 9.07 Å². The topological polar surface area (TPSA) is 43.2 Å². The molecule has 0 radical (unpaired) electrons. The molecule has 0 unspecified atom stereocenters. The lowest BCUT2D eigenvalue weighted by Gasteiger charge is -2.41. The highest BCUT2D eigenvalue weighted by Gasteiger charge is 2.36. The van der Waals surface area contributed by atoms with Crippen molar-refractivity contribution in [3.63, 3.8) is 0 Å². The van der Waals surface area contributed by atoms with E-state index in [9.17, 15) is 4.39 Å². The summed E-state index contributed by atoms with van der Waals surface area (Å²) in [5.41, 5.74) is 2.17. The number of hydrogen-bond acceptors (Lipinski definition) is 4. The summed E-state index contributed by atoms with van der Waals surface area (Å²) in [5, 5.41) is 8.19. The van der Waals surface area contributed by atoms with Gasteiger partial charge in [0.15, 0.2) is 0 Å². The van der Waals surface area contributed by atoms with Gasteiger partial charge in [-0.15, -0.1) is 5.10 Å². The fraction of sp³-hybridized carbons (Fsp3) is 0.467. The van der Waals surface area contributed by atoms with Crippen LogP contribution in [0.3, 0.4) is 0 Å². The van der Waals surface area contributed by atoms with E-state index >= 15 is 0 Å². The van der Waals surface area contributed by atoms with Crippen molar-refractivity contribution in [2.45, 2.75) is 31.7 Å². The molecule has 0 spiro atoms. The minimum absolute atomic E-state index is 0.189. The zero-order valence-electron chi connectivity index (χ0n) is 11.7. The molecule has 5 nitrogen and oxygen atoms in total. The van der Waals surface area contributed by atoms with Gasteiger partial charge in [0, 0.05) is 19.6 Å². The summed E-state index contributed by atoms with van der Waals surface area (Å²) in [5.74, 6) is -0.189. The van der Waals surface area contributed by atoms with Crippen molar-refractivity contribution in [2.24, 2.45) is 0 Å². The smallest absolute Gasteiger partial charge is 0.123 e. The van der Waals surface area contributed by atoms with Crippen LogP contribution in [0.25, 0.3) is 0 Å². The van der Waals surface area contributed by atoms with Crippen molar-refractivity contribution in [3.05, 3.63) is 47.5 Å². The Morgan fingerprint density at radius 1 is 1.29 bits per heavy atom. The second-order valence-electron chi connectivity index (χ2n) is 5.74. The van der Waals surface area contributed by atoms with Crippen LogP contribution in [-0.2, 0) is 17.9 Å². The van der Waals surface area contributed by atoms with E-state index in [-0.39, 0.29) is 18.0 Å². The zero-order valence-corrected chi connectivity index (χ0v) is 11.7. The first-order valence-corrected chi connectivity index (χ1v) is 7.27. The molecule has 110 valence electrons. The molecule has 0 aliphatic carbocycles. The van der Waals surface area contributed by atoms with Crippen molar-refractivity contribution in [2.75, 3.05) is 13.1 Å². The van der Waals surface area contributed by atoms with Gasteiger partial charge < -0.3 is 4.74 Å². The second kappa shape index (κ2) is 5.20. The third-order valence-electron chi connectivity index (χ3n) is 4.33. The highest BCUT2D eigenvalue weighted by molar-refractivity contribution is 5.16. The molecular weight excluding hydrogens is 271 g/mol. The van der Waals surface area contributed by atoms with Crippen LogP contribution < -0.4 is 0 Å². The number of hydrogen-bond donors (Lipinski definition) is 0. The Kier molecular flexibility index (Phi) is 3.20. The molecule has 2 aliphatic rings. The van der Waals surface area contributed by atoms with Gasteiger partial charge in [0.1, 0.15) is 5.82 Å². The van der Waals surface area contributed by atoms with Crippen LogP contribution >= 0.6 is 0 Å². The van der Waals surface area contributed by atoms with Crippen LogP contribution in [0.5, 0.6) is 0 Å². The molecule has 0 amide bonds. The zero-order chi connectivity index (χ0) is 14.2. The van der Waals surface area contributed by atoms with E-state index in [2.05, 4.69) is 15.2 Å². The number of rotatable bonds is 2. The Labute approximate surface area is 122 Å². The average Bonchev–Trinajstić information content (AvgIpc) is 2.98. The highest BCUT2D eigenvalue weighted by Crippen LogP contribution is 2.30. The van der Waals surface area contributed by atoms with Crippen LogP contribution in [0, 0.1) is 5.82 Å². The summed E-state index contributed by atoms with van der Waals surface area (Å²) in [4.78, 5) is 2.37. The molecule has 1 aromatic carbocycles. The Morgan fingerprint density at radius 3 is 3.00 bits per heavy atom. The van der Waals surface area contributed by atoms with Gasteiger partial charge in [-0.3, -0.25) is 4.90 Å². The number of nitrogens with zero attached hydrogens (tertiary/aromatic N) is 4. The predicted molar refractivity (Wildman–Crippen MR) is 73.9 cm³/mol.